The zero-order valence-corrected chi connectivity index (χ0v) is 17.9. The molecule has 0 N–H and O–H groups in total. The number of para-hydroxylation sites is 2. The highest BCUT2D eigenvalue weighted by molar-refractivity contribution is 7.99. The van der Waals surface area contributed by atoms with E-state index in [1.165, 1.54) is 11.8 Å². The summed E-state index contributed by atoms with van der Waals surface area (Å²) in [5.74, 6) is 0.400. The van der Waals surface area contributed by atoms with Crippen molar-refractivity contribution in [2.75, 3.05) is 17.3 Å². The fourth-order valence-electron chi connectivity index (χ4n) is 3.47. The van der Waals surface area contributed by atoms with Crippen LogP contribution in [0.15, 0.2) is 46.9 Å². The van der Waals surface area contributed by atoms with Crippen molar-refractivity contribution >= 4 is 49.9 Å². The molecule has 1 amide bonds. The second-order valence-corrected chi connectivity index (χ2v) is 11.1. The van der Waals surface area contributed by atoms with E-state index >= 15 is 0 Å². The fourth-order valence-corrected chi connectivity index (χ4v) is 6.78. The minimum Gasteiger partial charge on any atom is -0.333 e. The molecule has 1 saturated heterocycles. The van der Waals surface area contributed by atoms with Gasteiger partial charge in [0.1, 0.15) is 0 Å². The third kappa shape index (κ3) is 4.11. The van der Waals surface area contributed by atoms with Gasteiger partial charge in [-0.2, -0.15) is 0 Å². The molecule has 148 valence electrons. The number of fused-ring (bicyclic) bond motifs is 1. The quantitative estimate of drug-likeness (QED) is 0.557. The van der Waals surface area contributed by atoms with E-state index in [-0.39, 0.29) is 29.2 Å². The van der Waals surface area contributed by atoms with Crippen molar-refractivity contribution in [2.24, 2.45) is 7.05 Å². The number of sulfone groups is 1. The highest BCUT2D eigenvalue weighted by Crippen LogP contribution is 2.26. The van der Waals surface area contributed by atoms with Gasteiger partial charge >= 0.3 is 0 Å². The standard InChI is InChI=1S/C19H21N3O3S3/c1-21-17-7-3-2-6-16(17)20-19(21)27-12-18(23)22(11-15-5-4-9-26-15)14-8-10-28(24,25)13-14/h2-7,9,14H,8,10-13H2,1H3. The van der Waals surface area contributed by atoms with Crippen molar-refractivity contribution < 1.29 is 13.2 Å². The molecule has 0 saturated carbocycles. The molecule has 2 aromatic heterocycles. The van der Waals surface area contributed by atoms with Gasteiger partial charge in [0, 0.05) is 18.0 Å². The zero-order chi connectivity index (χ0) is 19.7. The van der Waals surface area contributed by atoms with Crippen LogP contribution in [0.2, 0.25) is 0 Å². The topological polar surface area (TPSA) is 72.3 Å². The SMILES string of the molecule is Cn1c(SCC(=O)N(Cc2cccs2)C2CCS(=O)(=O)C2)nc2ccccc21. The molecule has 0 spiro atoms. The third-order valence-corrected chi connectivity index (χ3v) is 8.57. The molecule has 1 fully saturated rings. The number of nitrogens with zero attached hydrogens (tertiary/aromatic N) is 3. The predicted octanol–water partition coefficient (Wildman–Crippen LogP) is 2.94. The van der Waals surface area contributed by atoms with Gasteiger partial charge in [0.2, 0.25) is 5.91 Å². The van der Waals surface area contributed by atoms with Crippen molar-refractivity contribution in [3.63, 3.8) is 0 Å². The summed E-state index contributed by atoms with van der Waals surface area (Å²) >= 11 is 2.98. The van der Waals surface area contributed by atoms with Crippen LogP contribution in [0.5, 0.6) is 0 Å². The van der Waals surface area contributed by atoms with Gasteiger partial charge in [-0.15, -0.1) is 11.3 Å². The number of aryl methyl sites for hydroxylation is 1. The summed E-state index contributed by atoms with van der Waals surface area (Å²) in [6, 6.07) is 11.5. The van der Waals surface area contributed by atoms with E-state index in [0.29, 0.717) is 13.0 Å². The maximum atomic E-state index is 13.0. The molecule has 3 aromatic rings. The summed E-state index contributed by atoms with van der Waals surface area (Å²) in [6.45, 7) is 0.458. The summed E-state index contributed by atoms with van der Waals surface area (Å²) in [4.78, 5) is 20.4. The van der Waals surface area contributed by atoms with Crippen molar-refractivity contribution in [3.8, 4) is 0 Å². The summed E-state index contributed by atoms with van der Waals surface area (Å²) in [7, 11) is -1.12. The van der Waals surface area contributed by atoms with Crippen molar-refractivity contribution in [3.05, 3.63) is 46.7 Å². The Balaban J connectivity index is 1.50. The van der Waals surface area contributed by atoms with E-state index in [1.807, 2.05) is 53.4 Å². The van der Waals surface area contributed by atoms with Gasteiger partial charge < -0.3 is 9.47 Å². The molecule has 1 aliphatic heterocycles. The molecule has 1 aromatic carbocycles. The second kappa shape index (κ2) is 7.88. The lowest BCUT2D eigenvalue weighted by molar-refractivity contribution is -0.130. The Morgan fingerprint density at radius 3 is 2.82 bits per heavy atom. The molecule has 9 heteroatoms. The van der Waals surface area contributed by atoms with Crippen LogP contribution in [-0.4, -0.2) is 52.1 Å². The molecule has 1 atom stereocenters. The van der Waals surface area contributed by atoms with E-state index in [1.54, 1.807) is 16.2 Å². The first kappa shape index (κ1) is 19.5. The Morgan fingerprint density at radius 2 is 2.14 bits per heavy atom. The number of carbonyl (C=O) groups is 1. The van der Waals surface area contributed by atoms with Crippen LogP contribution >= 0.6 is 23.1 Å². The van der Waals surface area contributed by atoms with Crippen molar-refractivity contribution in [2.45, 2.75) is 24.2 Å². The van der Waals surface area contributed by atoms with Gasteiger partial charge in [-0.25, -0.2) is 13.4 Å². The number of carbonyl (C=O) groups excluding carboxylic acids is 1. The number of imidazole rings is 1. The maximum Gasteiger partial charge on any atom is 0.233 e. The molecule has 6 nitrogen and oxygen atoms in total. The van der Waals surface area contributed by atoms with Crippen LogP contribution in [0, 0.1) is 0 Å². The number of amides is 1. The predicted molar refractivity (Wildman–Crippen MR) is 113 cm³/mol. The van der Waals surface area contributed by atoms with Gasteiger partial charge in [-0.3, -0.25) is 4.79 Å². The Kier molecular flexibility index (Phi) is 5.48. The van der Waals surface area contributed by atoms with Crippen LogP contribution in [-0.2, 0) is 28.2 Å². The van der Waals surface area contributed by atoms with Gasteiger partial charge in [0.15, 0.2) is 15.0 Å². The Morgan fingerprint density at radius 1 is 1.32 bits per heavy atom. The van der Waals surface area contributed by atoms with Gasteiger partial charge in [-0.05, 0) is 30.0 Å². The van der Waals surface area contributed by atoms with Crippen molar-refractivity contribution in [1.82, 2.24) is 14.5 Å². The zero-order valence-electron chi connectivity index (χ0n) is 15.4. The third-order valence-electron chi connectivity index (χ3n) is 4.95. The van der Waals surface area contributed by atoms with Crippen molar-refractivity contribution in [1.29, 1.82) is 0 Å². The summed E-state index contributed by atoms with van der Waals surface area (Å²) in [5, 5.41) is 2.75. The van der Waals surface area contributed by atoms with Crippen LogP contribution in [0.25, 0.3) is 11.0 Å². The average Bonchev–Trinajstić information content (AvgIpc) is 3.38. The van der Waals surface area contributed by atoms with Gasteiger partial charge in [0.05, 0.1) is 34.8 Å². The van der Waals surface area contributed by atoms with E-state index in [2.05, 4.69) is 4.98 Å². The number of hydrogen-bond acceptors (Lipinski definition) is 6. The number of aromatic nitrogens is 2. The van der Waals surface area contributed by atoms with E-state index in [9.17, 15) is 13.2 Å². The minimum absolute atomic E-state index is 0.0486. The molecular weight excluding hydrogens is 414 g/mol. The van der Waals surface area contributed by atoms with E-state index < -0.39 is 9.84 Å². The molecule has 0 radical (unpaired) electrons. The molecular formula is C19H21N3O3S3. The number of rotatable bonds is 6. The molecule has 3 heterocycles. The molecule has 0 aliphatic carbocycles. The average molecular weight is 436 g/mol. The first-order chi connectivity index (χ1) is 13.4. The Hall–Kier alpha value is -1.84. The first-order valence-electron chi connectivity index (χ1n) is 8.99. The summed E-state index contributed by atoms with van der Waals surface area (Å²) in [6.07, 6.45) is 0.510. The summed E-state index contributed by atoms with van der Waals surface area (Å²) in [5.41, 5.74) is 1.92. The highest BCUT2D eigenvalue weighted by Gasteiger charge is 2.34. The number of thioether (sulfide) groups is 1. The molecule has 1 unspecified atom stereocenters. The monoisotopic (exact) mass is 435 g/mol. The lowest BCUT2D eigenvalue weighted by Crippen LogP contribution is -2.41. The van der Waals surface area contributed by atoms with E-state index in [4.69, 9.17) is 0 Å². The Labute approximate surface area is 172 Å². The van der Waals surface area contributed by atoms with Gasteiger partial charge in [-0.1, -0.05) is 30.0 Å². The van der Waals surface area contributed by atoms with Gasteiger partial charge in [0.25, 0.3) is 0 Å². The highest BCUT2D eigenvalue weighted by atomic mass is 32.2. The maximum absolute atomic E-state index is 13.0. The van der Waals surface area contributed by atoms with Crippen LogP contribution in [0.1, 0.15) is 11.3 Å². The number of thiophene rings is 1. The lowest BCUT2D eigenvalue weighted by Gasteiger charge is -2.27. The largest absolute Gasteiger partial charge is 0.333 e. The van der Waals surface area contributed by atoms with Crippen LogP contribution in [0.3, 0.4) is 0 Å². The second-order valence-electron chi connectivity index (χ2n) is 6.89. The van der Waals surface area contributed by atoms with E-state index in [0.717, 1.165) is 21.1 Å². The Bertz CT molecular complexity index is 1090. The summed E-state index contributed by atoms with van der Waals surface area (Å²) < 4.78 is 25.9. The van der Waals surface area contributed by atoms with Crippen LogP contribution < -0.4 is 0 Å². The normalized spacial score (nSPS) is 18.5. The number of benzene rings is 1. The minimum atomic E-state index is -3.06. The lowest BCUT2D eigenvalue weighted by atomic mass is 10.2. The molecule has 28 heavy (non-hydrogen) atoms. The fraction of sp³-hybridized carbons (Fsp3) is 0.368. The molecule has 1 aliphatic rings. The van der Waals surface area contributed by atoms with Crippen LogP contribution in [0.4, 0.5) is 0 Å². The number of hydrogen-bond donors (Lipinski definition) is 0. The smallest absolute Gasteiger partial charge is 0.233 e. The first-order valence-corrected chi connectivity index (χ1v) is 12.7. The molecule has 0 bridgehead atoms. The molecule has 4 rings (SSSR count).